The molecule has 0 aliphatic rings. The summed E-state index contributed by atoms with van der Waals surface area (Å²) in [6, 6.07) is 8.79. The summed E-state index contributed by atoms with van der Waals surface area (Å²) in [7, 11) is 4.15. The van der Waals surface area contributed by atoms with E-state index in [2.05, 4.69) is 60.2 Å². The molecule has 0 saturated heterocycles. The molecule has 1 heterocycles. The Morgan fingerprint density at radius 3 is 2.39 bits per heavy atom. The molecule has 18 heavy (non-hydrogen) atoms. The molecule has 0 radical (unpaired) electrons. The van der Waals surface area contributed by atoms with Crippen LogP contribution in [0.1, 0.15) is 18.5 Å². The third kappa shape index (κ3) is 2.65. The highest BCUT2D eigenvalue weighted by Gasteiger charge is 2.08. The molecule has 0 spiro atoms. The number of hydrogen-bond donors (Lipinski definition) is 1. The summed E-state index contributed by atoms with van der Waals surface area (Å²) >= 11 is 0. The minimum atomic E-state index is 0.302. The molecule has 0 bridgehead atoms. The van der Waals surface area contributed by atoms with Gasteiger partial charge in [-0.3, -0.25) is 0 Å². The number of aromatic nitrogens is 2. The standard InChI is InChI=1S/C14H18N4/c1-10(18(2)3)11-5-4-6-12(7-11)13-8-16-14(15)17-9-13/h4-10H,1-3H3,(H2,15,16,17)/t10-/m0/s1. The van der Waals surface area contributed by atoms with Gasteiger partial charge in [0, 0.05) is 24.0 Å². The van der Waals surface area contributed by atoms with Crippen LogP contribution in [-0.4, -0.2) is 29.0 Å². The van der Waals surface area contributed by atoms with Crippen molar-refractivity contribution in [1.29, 1.82) is 0 Å². The van der Waals surface area contributed by atoms with E-state index in [1.165, 1.54) is 5.56 Å². The minimum absolute atomic E-state index is 0.302. The van der Waals surface area contributed by atoms with Crippen molar-refractivity contribution in [2.24, 2.45) is 0 Å². The molecular formula is C14H18N4. The van der Waals surface area contributed by atoms with E-state index in [1.807, 2.05) is 0 Å². The molecule has 0 unspecified atom stereocenters. The lowest BCUT2D eigenvalue weighted by molar-refractivity contribution is 0.321. The first-order chi connectivity index (χ1) is 8.58. The summed E-state index contributed by atoms with van der Waals surface area (Å²) in [5, 5.41) is 0. The fraction of sp³-hybridized carbons (Fsp3) is 0.286. The fourth-order valence-electron chi connectivity index (χ4n) is 1.76. The highest BCUT2D eigenvalue weighted by molar-refractivity contribution is 5.62. The van der Waals surface area contributed by atoms with Gasteiger partial charge in [-0.2, -0.15) is 0 Å². The first kappa shape index (κ1) is 12.5. The van der Waals surface area contributed by atoms with Gasteiger partial charge in [0.25, 0.3) is 0 Å². The predicted octanol–water partition coefficient (Wildman–Crippen LogP) is 2.35. The lowest BCUT2D eigenvalue weighted by Crippen LogP contribution is -2.16. The third-order valence-corrected chi connectivity index (χ3v) is 3.15. The minimum Gasteiger partial charge on any atom is -0.368 e. The quantitative estimate of drug-likeness (QED) is 0.897. The fourth-order valence-corrected chi connectivity index (χ4v) is 1.76. The van der Waals surface area contributed by atoms with Gasteiger partial charge >= 0.3 is 0 Å². The van der Waals surface area contributed by atoms with E-state index in [0.29, 0.717) is 12.0 Å². The number of benzene rings is 1. The topological polar surface area (TPSA) is 55.0 Å². The molecule has 4 heteroatoms. The second-order valence-corrected chi connectivity index (χ2v) is 4.59. The summed E-state index contributed by atoms with van der Waals surface area (Å²) < 4.78 is 0. The summed E-state index contributed by atoms with van der Waals surface area (Å²) in [6.07, 6.45) is 3.50. The highest BCUT2D eigenvalue weighted by Crippen LogP contribution is 2.24. The molecule has 4 nitrogen and oxygen atoms in total. The molecule has 0 aliphatic carbocycles. The van der Waals surface area contributed by atoms with Crippen LogP contribution in [0.3, 0.4) is 0 Å². The molecular weight excluding hydrogens is 224 g/mol. The summed E-state index contributed by atoms with van der Waals surface area (Å²) in [4.78, 5) is 10.2. The van der Waals surface area contributed by atoms with E-state index in [0.717, 1.165) is 11.1 Å². The lowest BCUT2D eigenvalue weighted by Gasteiger charge is -2.20. The Balaban J connectivity index is 2.35. The van der Waals surface area contributed by atoms with Crippen LogP contribution in [-0.2, 0) is 0 Å². The SMILES string of the molecule is C[C@@H](c1cccc(-c2cnc(N)nc2)c1)N(C)C. The van der Waals surface area contributed by atoms with Crippen LogP contribution >= 0.6 is 0 Å². The van der Waals surface area contributed by atoms with Crippen LogP contribution in [0.2, 0.25) is 0 Å². The Morgan fingerprint density at radius 1 is 1.11 bits per heavy atom. The Bertz CT molecular complexity index is 520. The molecule has 94 valence electrons. The van der Waals surface area contributed by atoms with E-state index in [9.17, 15) is 0 Å². The number of nitrogen functional groups attached to an aromatic ring is 1. The van der Waals surface area contributed by atoms with Crippen molar-refractivity contribution in [3.8, 4) is 11.1 Å². The predicted molar refractivity (Wildman–Crippen MR) is 74.0 cm³/mol. The summed E-state index contributed by atoms with van der Waals surface area (Å²) in [5.41, 5.74) is 8.86. The van der Waals surface area contributed by atoms with Gasteiger partial charge < -0.3 is 10.6 Å². The Hall–Kier alpha value is -1.94. The van der Waals surface area contributed by atoms with Crippen molar-refractivity contribution in [2.75, 3.05) is 19.8 Å². The van der Waals surface area contributed by atoms with Crippen molar-refractivity contribution in [3.05, 3.63) is 42.2 Å². The Morgan fingerprint density at radius 2 is 1.78 bits per heavy atom. The molecule has 2 rings (SSSR count). The van der Waals surface area contributed by atoms with Crippen molar-refractivity contribution < 1.29 is 0 Å². The molecule has 0 amide bonds. The molecule has 2 N–H and O–H groups in total. The van der Waals surface area contributed by atoms with E-state index < -0.39 is 0 Å². The van der Waals surface area contributed by atoms with E-state index in [4.69, 9.17) is 5.73 Å². The molecule has 1 aromatic heterocycles. The zero-order valence-electron chi connectivity index (χ0n) is 11.0. The normalized spacial score (nSPS) is 12.7. The zero-order chi connectivity index (χ0) is 13.1. The smallest absolute Gasteiger partial charge is 0.219 e. The van der Waals surface area contributed by atoms with Crippen LogP contribution in [0.5, 0.6) is 0 Å². The van der Waals surface area contributed by atoms with E-state index in [1.54, 1.807) is 12.4 Å². The van der Waals surface area contributed by atoms with Gasteiger partial charge in [-0.05, 0) is 38.2 Å². The van der Waals surface area contributed by atoms with Crippen molar-refractivity contribution in [3.63, 3.8) is 0 Å². The van der Waals surface area contributed by atoms with Crippen LogP contribution in [0.15, 0.2) is 36.7 Å². The monoisotopic (exact) mass is 242 g/mol. The second kappa shape index (κ2) is 5.14. The molecule has 1 atom stereocenters. The number of nitrogens with zero attached hydrogens (tertiary/aromatic N) is 3. The maximum Gasteiger partial charge on any atom is 0.219 e. The van der Waals surface area contributed by atoms with Crippen molar-refractivity contribution >= 4 is 5.95 Å². The van der Waals surface area contributed by atoms with E-state index >= 15 is 0 Å². The number of rotatable bonds is 3. The number of nitrogens with two attached hydrogens (primary N) is 1. The van der Waals surface area contributed by atoms with Gasteiger partial charge in [-0.1, -0.05) is 18.2 Å². The van der Waals surface area contributed by atoms with Crippen molar-refractivity contribution in [1.82, 2.24) is 14.9 Å². The molecule has 0 fully saturated rings. The maximum absolute atomic E-state index is 5.49. The van der Waals surface area contributed by atoms with Crippen LogP contribution in [0.4, 0.5) is 5.95 Å². The Kier molecular flexibility index (Phi) is 3.58. The zero-order valence-corrected chi connectivity index (χ0v) is 11.0. The van der Waals surface area contributed by atoms with Gasteiger partial charge in [0.2, 0.25) is 5.95 Å². The average Bonchev–Trinajstić information content (AvgIpc) is 2.38. The largest absolute Gasteiger partial charge is 0.368 e. The first-order valence-electron chi connectivity index (χ1n) is 5.92. The average molecular weight is 242 g/mol. The second-order valence-electron chi connectivity index (χ2n) is 4.59. The summed E-state index contributed by atoms with van der Waals surface area (Å²) in [6.45, 7) is 2.18. The van der Waals surface area contributed by atoms with Crippen molar-refractivity contribution in [2.45, 2.75) is 13.0 Å². The summed E-state index contributed by atoms with van der Waals surface area (Å²) in [5.74, 6) is 0.302. The van der Waals surface area contributed by atoms with Crippen LogP contribution < -0.4 is 5.73 Å². The molecule has 2 aromatic rings. The van der Waals surface area contributed by atoms with Gasteiger partial charge in [-0.25, -0.2) is 9.97 Å². The highest BCUT2D eigenvalue weighted by atomic mass is 15.1. The van der Waals surface area contributed by atoms with Gasteiger partial charge in [0.05, 0.1) is 0 Å². The van der Waals surface area contributed by atoms with E-state index in [-0.39, 0.29) is 0 Å². The van der Waals surface area contributed by atoms with Gasteiger partial charge in [-0.15, -0.1) is 0 Å². The number of hydrogen-bond acceptors (Lipinski definition) is 4. The maximum atomic E-state index is 5.49. The van der Waals surface area contributed by atoms with Gasteiger partial charge in [0.1, 0.15) is 0 Å². The molecule has 0 aliphatic heterocycles. The molecule has 0 saturated carbocycles. The van der Waals surface area contributed by atoms with Crippen LogP contribution in [0, 0.1) is 0 Å². The van der Waals surface area contributed by atoms with Crippen LogP contribution in [0.25, 0.3) is 11.1 Å². The lowest BCUT2D eigenvalue weighted by atomic mass is 10.0. The molecule has 1 aromatic carbocycles. The number of anilines is 1. The van der Waals surface area contributed by atoms with Gasteiger partial charge in [0.15, 0.2) is 0 Å². The Labute approximate surface area is 107 Å². The first-order valence-corrected chi connectivity index (χ1v) is 5.92. The third-order valence-electron chi connectivity index (χ3n) is 3.15.